The van der Waals surface area contributed by atoms with E-state index in [2.05, 4.69) is 41.3 Å². The molecule has 0 radical (unpaired) electrons. The minimum atomic E-state index is -0.438. The number of carbonyl (C=O) groups is 1. The van der Waals surface area contributed by atoms with Crippen molar-refractivity contribution in [2.75, 3.05) is 7.11 Å². The Morgan fingerprint density at radius 3 is 2.63 bits per heavy atom. The van der Waals surface area contributed by atoms with E-state index in [1.807, 2.05) is 18.2 Å². The number of nitrogens with two attached hydrogens (primary N) is 1. The fourth-order valence-electron chi connectivity index (χ4n) is 3.28. The van der Waals surface area contributed by atoms with Crippen LogP contribution in [0.2, 0.25) is 0 Å². The smallest absolute Gasteiger partial charge is 0.348 e. The molecule has 2 heterocycles. The van der Waals surface area contributed by atoms with Crippen LogP contribution < -0.4 is 10.9 Å². The zero-order chi connectivity index (χ0) is 19.6. The van der Waals surface area contributed by atoms with Crippen molar-refractivity contribution in [2.24, 2.45) is 5.92 Å². The first-order valence-corrected chi connectivity index (χ1v) is 9.73. The van der Waals surface area contributed by atoms with Crippen LogP contribution in [-0.4, -0.2) is 23.0 Å². The van der Waals surface area contributed by atoms with Crippen molar-refractivity contribution in [3.63, 3.8) is 0 Å². The Morgan fingerprint density at radius 2 is 2.00 bits per heavy atom. The van der Waals surface area contributed by atoms with Gasteiger partial charge < -0.3 is 15.0 Å². The van der Waals surface area contributed by atoms with E-state index >= 15 is 0 Å². The third-order valence-corrected chi connectivity index (χ3v) is 5.85. The molecule has 0 saturated carbocycles. The Bertz CT molecular complexity index is 1010. The van der Waals surface area contributed by atoms with Crippen LogP contribution in [0, 0.1) is 12.8 Å². The monoisotopic (exact) mass is 386 g/mol. The molecule has 0 fully saturated rings. The average Bonchev–Trinajstić information content (AvgIpc) is 2.99. The van der Waals surface area contributed by atoms with Gasteiger partial charge in [0.15, 0.2) is 5.82 Å². The van der Waals surface area contributed by atoms with Gasteiger partial charge in [-0.3, -0.25) is 4.79 Å². The van der Waals surface area contributed by atoms with Gasteiger partial charge in [0.25, 0.3) is 5.56 Å². The SMILES string of the molecule is COC(=O)c1sc2nc(C[NH2+][C@@H](c3ccccc3)C(C)C)[nH]c(=O)c2c1C. The molecule has 6 nitrogen and oxygen atoms in total. The molecule has 142 valence electrons. The van der Waals surface area contributed by atoms with Crippen LogP contribution in [0.1, 0.15) is 46.5 Å². The molecule has 3 aromatic rings. The van der Waals surface area contributed by atoms with Gasteiger partial charge in [-0.15, -0.1) is 11.3 Å². The van der Waals surface area contributed by atoms with Gasteiger partial charge in [0.05, 0.1) is 12.5 Å². The van der Waals surface area contributed by atoms with Crippen LogP contribution in [0.4, 0.5) is 0 Å². The number of fused-ring (bicyclic) bond motifs is 1. The van der Waals surface area contributed by atoms with Crippen molar-refractivity contribution in [1.29, 1.82) is 0 Å². The number of aromatic amines is 1. The largest absolute Gasteiger partial charge is 0.465 e. The third kappa shape index (κ3) is 3.94. The van der Waals surface area contributed by atoms with Crippen LogP contribution in [0.3, 0.4) is 0 Å². The summed E-state index contributed by atoms with van der Waals surface area (Å²) in [6.07, 6.45) is 0. The summed E-state index contributed by atoms with van der Waals surface area (Å²) in [7, 11) is 1.33. The zero-order valence-electron chi connectivity index (χ0n) is 15.9. The molecule has 1 atom stereocenters. The van der Waals surface area contributed by atoms with Crippen molar-refractivity contribution in [2.45, 2.75) is 33.4 Å². The molecule has 2 aromatic heterocycles. The number of rotatable bonds is 6. The summed E-state index contributed by atoms with van der Waals surface area (Å²) in [5, 5.41) is 2.65. The number of methoxy groups -OCH3 is 1. The van der Waals surface area contributed by atoms with E-state index in [9.17, 15) is 9.59 Å². The number of hydrogen-bond acceptors (Lipinski definition) is 5. The number of nitrogens with zero attached hydrogens (tertiary/aromatic N) is 1. The molecule has 0 aliphatic rings. The lowest BCUT2D eigenvalue weighted by Gasteiger charge is -2.19. The molecule has 3 rings (SSSR count). The van der Waals surface area contributed by atoms with E-state index in [0.29, 0.717) is 38.9 Å². The van der Waals surface area contributed by atoms with Gasteiger partial charge in [-0.05, 0) is 12.5 Å². The molecule has 3 N–H and O–H groups in total. The van der Waals surface area contributed by atoms with Crippen molar-refractivity contribution < 1.29 is 14.8 Å². The average molecular weight is 386 g/mol. The van der Waals surface area contributed by atoms with E-state index in [1.54, 1.807) is 6.92 Å². The van der Waals surface area contributed by atoms with E-state index < -0.39 is 5.97 Å². The number of thiophene rings is 1. The van der Waals surface area contributed by atoms with Gasteiger partial charge in [0, 0.05) is 11.5 Å². The summed E-state index contributed by atoms with van der Waals surface area (Å²) in [6.45, 7) is 6.66. The van der Waals surface area contributed by atoms with Crippen LogP contribution >= 0.6 is 11.3 Å². The first-order chi connectivity index (χ1) is 12.9. The number of aryl methyl sites for hydroxylation is 1. The minimum Gasteiger partial charge on any atom is -0.465 e. The standard InChI is InChI=1S/C20H23N3O3S/c1-11(2)16(13-8-6-5-7-9-13)21-10-14-22-18(24)15-12(3)17(20(25)26-4)27-19(15)23-14/h5-9,11,16,21H,10H2,1-4H3,(H,22,23,24)/p+1/t16-/m1/s1. The Labute approximate surface area is 161 Å². The van der Waals surface area contributed by atoms with E-state index in [1.165, 1.54) is 24.0 Å². The predicted octanol–water partition coefficient (Wildman–Crippen LogP) is 2.54. The van der Waals surface area contributed by atoms with Crippen molar-refractivity contribution in [3.05, 3.63) is 62.5 Å². The minimum absolute atomic E-state index is 0.215. The maximum atomic E-state index is 12.5. The fourth-order valence-corrected chi connectivity index (χ4v) is 4.40. The number of aromatic nitrogens is 2. The number of benzene rings is 1. The lowest BCUT2D eigenvalue weighted by atomic mass is 9.96. The lowest BCUT2D eigenvalue weighted by Crippen LogP contribution is -2.85. The Hall–Kier alpha value is -2.51. The van der Waals surface area contributed by atoms with Gasteiger partial charge in [-0.25, -0.2) is 9.78 Å². The molecule has 27 heavy (non-hydrogen) atoms. The van der Waals surface area contributed by atoms with Crippen LogP contribution in [0.25, 0.3) is 10.2 Å². The van der Waals surface area contributed by atoms with Crippen LogP contribution in [0.15, 0.2) is 35.1 Å². The van der Waals surface area contributed by atoms with E-state index in [4.69, 9.17) is 4.74 Å². The molecule has 0 amide bonds. The number of H-pyrrole nitrogens is 1. The summed E-state index contributed by atoms with van der Waals surface area (Å²) in [5.41, 5.74) is 1.65. The number of ether oxygens (including phenoxy) is 1. The summed E-state index contributed by atoms with van der Waals surface area (Å²) < 4.78 is 4.80. The molecule has 7 heteroatoms. The molecule has 0 spiro atoms. The number of nitrogens with one attached hydrogen (secondary N) is 1. The zero-order valence-corrected chi connectivity index (χ0v) is 16.7. The number of quaternary nitrogens is 1. The summed E-state index contributed by atoms with van der Waals surface area (Å²) >= 11 is 1.20. The Balaban J connectivity index is 1.89. The fraction of sp³-hybridized carbons (Fsp3) is 0.350. The van der Waals surface area contributed by atoms with Gasteiger partial charge in [-0.1, -0.05) is 44.2 Å². The third-order valence-electron chi connectivity index (χ3n) is 4.69. The van der Waals surface area contributed by atoms with Gasteiger partial charge in [0.2, 0.25) is 0 Å². The second-order valence-corrected chi connectivity index (χ2v) is 7.86. The number of esters is 1. The Morgan fingerprint density at radius 1 is 1.30 bits per heavy atom. The highest BCUT2D eigenvalue weighted by Crippen LogP contribution is 2.27. The molecule has 0 saturated heterocycles. The topological polar surface area (TPSA) is 88.7 Å². The quantitative estimate of drug-likeness (QED) is 0.637. The maximum Gasteiger partial charge on any atom is 0.348 e. The molecule has 0 bridgehead atoms. The molecule has 0 unspecified atom stereocenters. The van der Waals surface area contributed by atoms with Crippen molar-refractivity contribution in [1.82, 2.24) is 9.97 Å². The number of hydrogen-bond donors (Lipinski definition) is 2. The van der Waals surface area contributed by atoms with Gasteiger partial charge >= 0.3 is 5.97 Å². The highest BCUT2D eigenvalue weighted by molar-refractivity contribution is 7.20. The highest BCUT2D eigenvalue weighted by atomic mass is 32.1. The van der Waals surface area contributed by atoms with E-state index in [0.717, 1.165) is 0 Å². The maximum absolute atomic E-state index is 12.5. The second-order valence-electron chi connectivity index (χ2n) is 6.86. The van der Waals surface area contributed by atoms with Crippen molar-refractivity contribution >= 4 is 27.5 Å². The second kappa shape index (κ2) is 8.02. The first kappa shape index (κ1) is 19.3. The molecule has 1 aromatic carbocycles. The van der Waals surface area contributed by atoms with Gasteiger partial charge in [0.1, 0.15) is 22.3 Å². The summed E-state index contributed by atoms with van der Waals surface area (Å²) in [5.74, 6) is 0.594. The van der Waals surface area contributed by atoms with E-state index in [-0.39, 0.29) is 11.6 Å². The van der Waals surface area contributed by atoms with Crippen LogP contribution in [0.5, 0.6) is 0 Å². The molecular formula is C20H24N3O3S+. The lowest BCUT2D eigenvalue weighted by molar-refractivity contribution is -0.718. The summed E-state index contributed by atoms with van der Waals surface area (Å²) in [4.78, 5) is 32.9. The Kier molecular flexibility index (Phi) is 5.72. The normalized spacial score (nSPS) is 12.5. The highest BCUT2D eigenvalue weighted by Gasteiger charge is 2.22. The van der Waals surface area contributed by atoms with Crippen molar-refractivity contribution in [3.8, 4) is 0 Å². The summed E-state index contributed by atoms with van der Waals surface area (Å²) in [6, 6.07) is 10.6. The molecule has 0 aliphatic heterocycles. The molecule has 0 aliphatic carbocycles. The van der Waals surface area contributed by atoms with Crippen LogP contribution in [-0.2, 0) is 11.3 Å². The number of carbonyl (C=O) groups excluding carboxylic acids is 1. The molecular weight excluding hydrogens is 362 g/mol. The predicted molar refractivity (Wildman–Crippen MR) is 106 cm³/mol. The first-order valence-electron chi connectivity index (χ1n) is 8.91. The van der Waals surface area contributed by atoms with Gasteiger partial charge in [-0.2, -0.15) is 0 Å².